The maximum absolute atomic E-state index is 13.4. The Balaban J connectivity index is 2.08. The molecule has 13 heteroatoms. The van der Waals surface area contributed by atoms with Crippen molar-refractivity contribution in [3.63, 3.8) is 0 Å². The summed E-state index contributed by atoms with van der Waals surface area (Å²) in [7, 11) is 0. The zero-order valence-electron chi connectivity index (χ0n) is 18.7. The lowest BCUT2D eigenvalue weighted by atomic mass is 10.1. The van der Waals surface area contributed by atoms with Crippen molar-refractivity contribution in [2.75, 3.05) is 0 Å². The number of carbonyl (C=O) groups excluding carboxylic acids is 1. The molecule has 2 aromatic carbocycles. The quantitative estimate of drug-likeness (QED) is 0.206. The number of aromatic nitrogens is 2. The number of rotatable bonds is 5. The molecule has 0 atom stereocenters. The van der Waals surface area contributed by atoms with E-state index >= 15 is 0 Å². The van der Waals surface area contributed by atoms with Crippen LogP contribution >= 0.6 is 23.2 Å². The Kier molecular flexibility index (Phi) is 8.04. The number of aryl methyl sites for hydroxylation is 1. The third-order valence-corrected chi connectivity index (χ3v) is 5.64. The van der Waals surface area contributed by atoms with Gasteiger partial charge in [0.05, 0.1) is 21.8 Å². The molecule has 3 aromatic rings. The predicted molar refractivity (Wildman–Crippen MR) is 124 cm³/mol. The van der Waals surface area contributed by atoms with Crippen LogP contribution in [0.1, 0.15) is 39.8 Å². The Bertz CT molecular complexity index is 1310. The first-order chi connectivity index (χ1) is 16.7. The van der Waals surface area contributed by atoms with Crippen LogP contribution < -0.4 is 5.32 Å². The van der Waals surface area contributed by atoms with Gasteiger partial charge >= 0.3 is 12.4 Å². The highest BCUT2D eigenvalue weighted by molar-refractivity contribution is 6.37. The van der Waals surface area contributed by atoms with Crippen LogP contribution in [0.25, 0.3) is 0 Å². The van der Waals surface area contributed by atoms with Gasteiger partial charge in [0.1, 0.15) is 5.84 Å². The maximum atomic E-state index is 13.4. The number of amidine groups is 1. The number of aliphatic imine (C=N–C) groups is 1. The van der Waals surface area contributed by atoms with Gasteiger partial charge in [0, 0.05) is 29.2 Å². The zero-order valence-corrected chi connectivity index (χ0v) is 20.2. The lowest BCUT2D eigenvalue weighted by Gasteiger charge is -2.13. The van der Waals surface area contributed by atoms with Crippen LogP contribution in [0.2, 0.25) is 10.0 Å². The first-order valence-electron chi connectivity index (χ1n) is 10.4. The predicted octanol–water partition coefficient (Wildman–Crippen LogP) is 7.26. The standard InChI is InChI=1S/C23H18Cl2F6N4O/c1-3-35-18(12(2)20(34-35)23(29,30)31)11-19(32-15-6-4-5-13(9-15)22(26,27)28)33-21(36)16-8-7-14(24)10-17(16)25/h4-10H,3,11H2,1-2H3,(H,32,33,36). The summed E-state index contributed by atoms with van der Waals surface area (Å²) >= 11 is 11.9. The van der Waals surface area contributed by atoms with Crippen molar-refractivity contribution in [2.45, 2.75) is 39.2 Å². The fourth-order valence-corrected chi connectivity index (χ4v) is 3.89. The molecule has 3 rings (SSSR count). The highest BCUT2D eigenvalue weighted by Gasteiger charge is 2.38. The first kappa shape index (κ1) is 27.5. The third-order valence-electron chi connectivity index (χ3n) is 5.09. The number of hydrogen-bond donors (Lipinski definition) is 1. The Labute approximate surface area is 211 Å². The molecular formula is C23H18Cl2F6N4O. The summed E-state index contributed by atoms with van der Waals surface area (Å²) < 4.78 is 80.9. The minimum absolute atomic E-state index is 0.00689. The topological polar surface area (TPSA) is 59.3 Å². The smallest absolute Gasteiger partial charge is 0.310 e. The van der Waals surface area contributed by atoms with Gasteiger partial charge in [-0.1, -0.05) is 29.3 Å². The second-order valence-corrected chi connectivity index (χ2v) is 8.44. The summed E-state index contributed by atoms with van der Waals surface area (Å²) in [5.41, 5.74) is -2.39. The van der Waals surface area contributed by atoms with Crippen molar-refractivity contribution in [3.05, 3.63) is 80.6 Å². The van der Waals surface area contributed by atoms with Crippen molar-refractivity contribution in [2.24, 2.45) is 4.99 Å². The Morgan fingerprint density at radius 2 is 1.75 bits per heavy atom. The minimum atomic E-state index is -4.72. The highest BCUT2D eigenvalue weighted by Crippen LogP contribution is 2.33. The van der Waals surface area contributed by atoms with E-state index < -0.39 is 29.5 Å². The fraction of sp³-hybridized carbons (Fsp3) is 0.261. The van der Waals surface area contributed by atoms with Gasteiger partial charge in [-0.2, -0.15) is 31.4 Å². The van der Waals surface area contributed by atoms with Crippen LogP contribution in [0.4, 0.5) is 32.0 Å². The Hall–Kier alpha value is -3.05. The van der Waals surface area contributed by atoms with Crippen molar-refractivity contribution in [1.29, 1.82) is 0 Å². The van der Waals surface area contributed by atoms with Gasteiger partial charge < -0.3 is 5.32 Å². The van der Waals surface area contributed by atoms with Crippen LogP contribution in [0, 0.1) is 6.92 Å². The van der Waals surface area contributed by atoms with Crippen molar-refractivity contribution >= 4 is 40.6 Å². The van der Waals surface area contributed by atoms with Gasteiger partial charge in [-0.25, -0.2) is 4.99 Å². The van der Waals surface area contributed by atoms with Gasteiger partial charge in [-0.15, -0.1) is 0 Å². The van der Waals surface area contributed by atoms with Crippen molar-refractivity contribution < 1.29 is 31.1 Å². The summed E-state index contributed by atoms with van der Waals surface area (Å²) in [6, 6.07) is 8.03. The number of carbonyl (C=O) groups is 1. The number of benzene rings is 2. The van der Waals surface area contributed by atoms with Gasteiger partial charge in [0.25, 0.3) is 5.91 Å². The molecule has 0 aliphatic carbocycles. The van der Waals surface area contributed by atoms with Gasteiger partial charge in [-0.3, -0.25) is 9.48 Å². The van der Waals surface area contributed by atoms with Crippen LogP contribution in [0.5, 0.6) is 0 Å². The molecule has 0 aliphatic heterocycles. The minimum Gasteiger partial charge on any atom is -0.310 e. The average molecular weight is 551 g/mol. The molecule has 1 heterocycles. The molecule has 0 saturated carbocycles. The highest BCUT2D eigenvalue weighted by atomic mass is 35.5. The maximum Gasteiger partial charge on any atom is 0.435 e. The SMILES string of the molecule is CCn1nc(C(F)(F)F)c(C)c1CC(=Nc1cccc(C(F)(F)F)c1)NC(=O)c1ccc(Cl)cc1Cl. The Morgan fingerprint density at radius 3 is 2.33 bits per heavy atom. The lowest BCUT2D eigenvalue weighted by Crippen LogP contribution is -2.33. The molecule has 1 N–H and O–H groups in total. The molecular weight excluding hydrogens is 533 g/mol. The molecule has 0 unspecified atom stereocenters. The number of alkyl halides is 6. The molecule has 0 radical (unpaired) electrons. The molecule has 1 amide bonds. The summed E-state index contributed by atoms with van der Waals surface area (Å²) in [6.45, 7) is 2.86. The van der Waals surface area contributed by atoms with E-state index in [-0.39, 0.29) is 51.4 Å². The van der Waals surface area contributed by atoms with E-state index in [1.807, 2.05) is 0 Å². The lowest BCUT2D eigenvalue weighted by molar-refractivity contribution is -0.142. The van der Waals surface area contributed by atoms with E-state index in [1.165, 1.54) is 31.2 Å². The largest absolute Gasteiger partial charge is 0.435 e. The summed E-state index contributed by atoms with van der Waals surface area (Å²) in [6.07, 6.45) is -9.74. The van der Waals surface area contributed by atoms with Crippen LogP contribution in [-0.2, 0) is 25.3 Å². The normalized spacial score (nSPS) is 12.7. The summed E-state index contributed by atoms with van der Waals surface area (Å²) in [5, 5.41) is 6.32. The second-order valence-electron chi connectivity index (χ2n) is 7.60. The van der Waals surface area contributed by atoms with Crippen LogP contribution in [0.3, 0.4) is 0 Å². The van der Waals surface area contributed by atoms with Gasteiger partial charge in [0.2, 0.25) is 0 Å². The van der Waals surface area contributed by atoms with Crippen molar-refractivity contribution in [1.82, 2.24) is 15.1 Å². The van der Waals surface area contributed by atoms with Crippen LogP contribution in [0.15, 0.2) is 47.5 Å². The first-order valence-corrected chi connectivity index (χ1v) is 11.1. The number of nitrogens with zero attached hydrogens (tertiary/aromatic N) is 3. The number of halogens is 8. The van der Waals surface area contributed by atoms with Crippen molar-refractivity contribution in [3.8, 4) is 0 Å². The fourth-order valence-electron chi connectivity index (χ4n) is 3.39. The number of hydrogen-bond acceptors (Lipinski definition) is 3. The molecule has 1 aromatic heterocycles. The van der Waals surface area contributed by atoms with E-state index in [1.54, 1.807) is 6.92 Å². The van der Waals surface area contributed by atoms with Crippen LogP contribution in [-0.4, -0.2) is 21.5 Å². The third kappa shape index (κ3) is 6.38. The summed E-state index contributed by atoms with van der Waals surface area (Å²) in [4.78, 5) is 17.0. The Morgan fingerprint density at radius 1 is 1.06 bits per heavy atom. The number of nitrogens with one attached hydrogen (secondary N) is 1. The molecule has 0 spiro atoms. The van der Waals surface area contributed by atoms with E-state index in [4.69, 9.17) is 23.2 Å². The molecule has 5 nitrogen and oxygen atoms in total. The molecule has 0 aliphatic rings. The molecule has 0 bridgehead atoms. The summed E-state index contributed by atoms with van der Waals surface area (Å²) in [5.74, 6) is -0.990. The van der Waals surface area contributed by atoms with E-state index in [0.717, 1.165) is 22.9 Å². The second kappa shape index (κ2) is 10.5. The average Bonchev–Trinajstić information content (AvgIpc) is 3.09. The van der Waals surface area contributed by atoms with E-state index in [0.29, 0.717) is 0 Å². The molecule has 0 fully saturated rings. The van der Waals surface area contributed by atoms with Gasteiger partial charge in [0.15, 0.2) is 5.69 Å². The van der Waals surface area contributed by atoms with Gasteiger partial charge in [-0.05, 0) is 50.2 Å². The monoisotopic (exact) mass is 550 g/mol. The molecule has 192 valence electrons. The molecule has 0 saturated heterocycles. The molecule has 36 heavy (non-hydrogen) atoms. The zero-order chi connectivity index (χ0) is 26.8. The van der Waals surface area contributed by atoms with E-state index in [9.17, 15) is 31.1 Å². The number of amides is 1. The van der Waals surface area contributed by atoms with E-state index in [2.05, 4.69) is 15.4 Å².